The molecule has 0 bridgehead atoms. The van der Waals surface area contributed by atoms with E-state index < -0.39 is 0 Å². The van der Waals surface area contributed by atoms with Crippen LogP contribution >= 0.6 is 0 Å². The molecule has 5 nitrogen and oxygen atoms in total. The summed E-state index contributed by atoms with van der Waals surface area (Å²) in [5, 5.41) is 12.4. The lowest BCUT2D eigenvalue weighted by atomic mass is 9.81. The Labute approximate surface area is 130 Å². The van der Waals surface area contributed by atoms with Crippen molar-refractivity contribution in [3.05, 3.63) is 35.5 Å². The molecule has 22 heavy (non-hydrogen) atoms. The van der Waals surface area contributed by atoms with Gasteiger partial charge in [-0.3, -0.25) is 4.99 Å². The van der Waals surface area contributed by atoms with Crippen LogP contribution in [0.15, 0.2) is 45.5 Å². The number of hydrogen-bond donors (Lipinski definition) is 3. The highest BCUT2D eigenvalue weighted by Crippen LogP contribution is 2.30. The Bertz CT molecular complexity index is 638. The smallest absolute Gasteiger partial charge is 0.0865 e. The zero-order chi connectivity index (χ0) is 15.5. The number of fused-ring (bicyclic) bond motifs is 1. The molecule has 1 aromatic carbocycles. The number of aliphatic imine (C=N–C) groups is 2. The van der Waals surface area contributed by atoms with Gasteiger partial charge in [0.1, 0.15) is 0 Å². The van der Waals surface area contributed by atoms with E-state index >= 15 is 0 Å². The minimum atomic E-state index is 0.262. The normalized spacial score (nSPS) is 24.9. The van der Waals surface area contributed by atoms with Gasteiger partial charge < -0.3 is 16.2 Å². The van der Waals surface area contributed by atoms with Crippen molar-refractivity contribution in [3.8, 4) is 0 Å². The zero-order valence-electron chi connectivity index (χ0n) is 12.8. The second-order valence-corrected chi connectivity index (χ2v) is 5.98. The van der Waals surface area contributed by atoms with E-state index in [0.29, 0.717) is 18.5 Å². The minimum absolute atomic E-state index is 0.262. The number of hydrogen-bond acceptors (Lipinski definition) is 5. The van der Waals surface area contributed by atoms with Crippen LogP contribution in [0.4, 0.5) is 11.4 Å². The van der Waals surface area contributed by atoms with Gasteiger partial charge in [-0.2, -0.15) is 0 Å². The van der Waals surface area contributed by atoms with E-state index in [-0.39, 0.29) is 6.61 Å². The first kappa shape index (κ1) is 14.8. The molecule has 1 aromatic rings. The van der Waals surface area contributed by atoms with Crippen LogP contribution in [0.3, 0.4) is 0 Å². The first-order valence-corrected chi connectivity index (χ1v) is 7.68. The number of aliphatic hydroxyl groups is 1. The topological polar surface area (TPSA) is 83.0 Å². The maximum atomic E-state index is 9.06. The highest BCUT2D eigenvalue weighted by atomic mass is 16.3. The predicted octanol–water partition coefficient (Wildman–Crippen LogP) is 2.26. The number of nitrogens with one attached hydrogen (secondary N) is 1. The number of aliphatic hydroxyl groups excluding tert-OH is 1. The number of nitrogens with two attached hydrogens (primary N) is 1. The van der Waals surface area contributed by atoms with Crippen LogP contribution in [-0.4, -0.2) is 36.2 Å². The number of para-hydroxylation sites is 2. The van der Waals surface area contributed by atoms with Crippen molar-refractivity contribution in [1.29, 1.82) is 0 Å². The number of anilines is 1. The van der Waals surface area contributed by atoms with Crippen molar-refractivity contribution < 1.29 is 5.11 Å². The van der Waals surface area contributed by atoms with Crippen LogP contribution in [0.1, 0.15) is 19.8 Å². The Morgan fingerprint density at radius 3 is 2.95 bits per heavy atom. The monoisotopic (exact) mass is 298 g/mol. The van der Waals surface area contributed by atoms with E-state index in [4.69, 9.17) is 15.8 Å². The molecule has 116 valence electrons. The van der Waals surface area contributed by atoms with Gasteiger partial charge in [-0.15, -0.1) is 0 Å². The van der Waals surface area contributed by atoms with Gasteiger partial charge in [0, 0.05) is 24.1 Å². The van der Waals surface area contributed by atoms with Crippen LogP contribution in [-0.2, 0) is 0 Å². The van der Waals surface area contributed by atoms with Crippen LogP contribution in [0, 0.1) is 5.92 Å². The van der Waals surface area contributed by atoms with Gasteiger partial charge in [0.25, 0.3) is 0 Å². The van der Waals surface area contributed by atoms with Crippen molar-refractivity contribution in [3.63, 3.8) is 0 Å². The van der Waals surface area contributed by atoms with E-state index in [9.17, 15) is 0 Å². The standard InChI is InChI=1S/C17H22N4O/c1-11(18)14(8-19-13-6-12(7-13)10-22)17-9-20-15-4-2-3-5-16(15)21-17/h2-5,8,12-13,20,22H,6-7,9-10,18H2,1H3. The minimum Gasteiger partial charge on any atom is -0.402 e. The second kappa shape index (κ2) is 6.32. The van der Waals surface area contributed by atoms with Crippen LogP contribution < -0.4 is 11.1 Å². The Balaban J connectivity index is 1.77. The van der Waals surface area contributed by atoms with E-state index in [1.165, 1.54) is 0 Å². The van der Waals surface area contributed by atoms with Gasteiger partial charge >= 0.3 is 0 Å². The van der Waals surface area contributed by atoms with Crippen molar-refractivity contribution in [2.75, 3.05) is 18.5 Å². The third kappa shape index (κ3) is 3.04. The third-order valence-electron chi connectivity index (χ3n) is 4.22. The lowest BCUT2D eigenvalue weighted by Gasteiger charge is -2.30. The summed E-state index contributed by atoms with van der Waals surface area (Å²) in [6.45, 7) is 2.79. The molecule has 1 fully saturated rings. The molecule has 0 aromatic heterocycles. The van der Waals surface area contributed by atoms with Gasteiger partial charge in [0.05, 0.1) is 29.7 Å². The first-order chi connectivity index (χ1) is 10.7. The summed E-state index contributed by atoms with van der Waals surface area (Å²) in [7, 11) is 0. The van der Waals surface area contributed by atoms with Crippen molar-refractivity contribution in [2.45, 2.75) is 25.8 Å². The molecule has 1 heterocycles. The van der Waals surface area contributed by atoms with Crippen LogP contribution in [0.25, 0.3) is 0 Å². The Hall–Kier alpha value is -2.14. The highest BCUT2D eigenvalue weighted by Gasteiger charge is 2.27. The molecular weight excluding hydrogens is 276 g/mol. The average molecular weight is 298 g/mol. The number of allylic oxidation sites excluding steroid dienone is 1. The number of rotatable bonds is 4. The maximum Gasteiger partial charge on any atom is 0.0865 e. The highest BCUT2D eigenvalue weighted by molar-refractivity contribution is 6.20. The number of nitrogens with zero attached hydrogens (tertiary/aromatic N) is 2. The predicted molar refractivity (Wildman–Crippen MR) is 91.0 cm³/mol. The van der Waals surface area contributed by atoms with Crippen molar-refractivity contribution in [1.82, 2.24) is 0 Å². The second-order valence-electron chi connectivity index (χ2n) is 5.98. The van der Waals surface area contributed by atoms with Gasteiger partial charge in [-0.1, -0.05) is 12.1 Å². The Morgan fingerprint density at radius 2 is 2.23 bits per heavy atom. The average Bonchev–Trinajstić information content (AvgIpc) is 2.49. The summed E-state index contributed by atoms with van der Waals surface area (Å²) in [6.07, 6.45) is 3.76. The lowest BCUT2D eigenvalue weighted by molar-refractivity contribution is 0.145. The first-order valence-electron chi connectivity index (χ1n) is 7.68. The van der Waals surface area contributed by atoms with E-state index in [1.54, 1.807) is 0 Å². The summed E-state index contributed by atoms with van der Waals surface area (Å²) in [6, 6.07) is 8.28. The SMILES string of the molecule is CC(N)=C(C=NC1CC(CO)C1)C1=Nc2ccccc2NC1. The van der Waals surface area contributed by atoms with E-state index in [0.717, 1.165) is 41.2 Å². The van der Waals surface area contributed by atoms with Gasteiger partial charge in [-0.05, 0) is 37.8 Å². The Morgan fingerprint density at radius 1 is 1.45 bits per heavy atom. The van der Waals surface area contributed by atoms with E-state index in [2.05, 4.69) is 10.3 Å². The summed E-state index contributed by atoms with van der Waals surface area (Å²) < 4.78 is 0. The zero-order valence-corrected chi connectivity index (χ0v) is 12.8. The molecule has 4 N–H and O–H groups in total. The molecular formula is C17H22N4O. The van der Waals surface area contributed by atoms with E-state index in [1.807, 2.05) is 37.4 Å². The molecule has 0 atom stereocenters. The summed E-state index contributed by atoms with van der Waals surface area (Å²) in [4.78, 5) is 9.30. The van der Waals surface area contributed by atoms with Gasteiger partial charge in [0.2, 0.25) is 0 Å². The molecule has 5 heteroatoms. The third-order valence-corrected chi connectivity index (χ3v) is 4.22. The molecule has 1 aliphatic heterocycles. The summed E-state index contributed by atoms with van der Waals surface area (Å²) in [5.41, 5.74) is 10.5. The molecule has 2 aliphatic rings. The fourth-order valence-electron chi connectivity index (χ4n) is 2.80. The van der Waals surface area contributed by atoms with Gasteiger partial charge in [-0.25, -0.2) is 4.99 Å². The largest absolute Gasteiger partial charge is 0.402 e. The Kier molecular flexibility index (Phi) is 4.24. The van der Waals surface area contributed by atoms with Crippen molar-refractivity contribution in [2.24, 2.45) is 21.6 Å². The number of benzene rings is 1. The fraction of sp³-hybridized carbons (Fsp3) is 0.412. The maximum absolute atomic E-state index is 9.06. The fourth-order valence-corrected chi connectivity index (χ4v) is 2.80. The lowest BCUT2D eigenvalue weighted by Crippen LogP contribution is -2.30. The molecule has 0 spiro atoms. The summed E-state index contributed by atoms with van der Waals surface area (Å²) in [5.74, 6) is 0.411. The molecule has 0 amide bonds. The van der Waals surface area contributed by atoms with Gasteiger partial charge in [0.15, 0.2) is 0 Å². The quantitative estimate of drug-likeness (QED) is 0.746. The molecule has 0 radical (unpaired) electrons. The van der Waals surface area contributed by atoms with Crippen molar-refractivity contribution >= 4 is 23.3 Å². The molecule has 0 saturated heterocycles. The van der Waals surface area contributed by atoms with Crippen LogP contribution in [0.2, 0.25) is 0 Å². The van der Waals surface area contributed by atoms with Crippen LogP contribution in [0.5, 0.6) is 0 Å². The summed E-state index contributed by atoms with van der Waals surface area (Å²) >= 11 is 0. The molecule has 1 saturated carbocycles. The molecule has 0 unspecified atom stereocenters. The molecule has 1 aliphatic carbocycles. The molecule has 3 rings (SSSR count).